The third kappa shape index (κ3) is 5.30. The summed E-state index contributed by atoms with van der Waals surface area (Å²) in [5.74, 6) is 0.0256. The molecule has 1 aromatic carbocycles. The number of aliphatic hydroxyl groups is 1. The molecule has 2 unspecified atom stereocenters. The number of hydrogen-bond acceptors (Lipinski definition) is 4. The predicted molar refractivity (Wildman–Crippen MR) is 77.4 cm³/mol. The van der Waals surface area contributed by atoms with Gasteiger partial charge in [-0.2, -0.15) is 0 Å². The normalized spacial score (nSPS) is 15.2. The molecule has 0 saturated heterocycles. The predicted octanol–water partition coefficient (Wildman–Crippen LogP) is 1.64. The lowest BCUT2D eigenvalue weighted by Crippen LogP contribution is -2.21. The second-order valence-electron chi connectivity index (χ2n) is 5.05. The maximum atomic E-state index is 11.9. The molecule has 108 valence electrons. The van der Waals surface area contributed by atoms with Crippen LogP contribution < -0.4 is 5.73 Å². The second kappa shape index (κ2) is 7.03. The van der Waals surface area contributed by atoms with E-state index in [2.05, 4.69) is 0 Å². The molecule has 5 heteroatoms. The Balaban J connectivity index is 2.70. The summed E-state index contributed by atoms with van der Waals surface area (Å²) in [5.41, 5.74) is 7.06. The first-order valence-electron chi connectivity index (χ1n) is 6.55. The Hall–Kier alpha value is -0.910. The summed E-state index contributed by atoms with van der Waals surface area (Å²) in [7, 11) is -3.23. The van der Waals surface area contributed by atoms with Crippen molar-refractivity contribution in [2.45, 2.75) is 32.9 Å². The molecule has 0 aliphatic carbocycles. The SMILES string of the molecule is CCC(C)CS(=O)(=O)CC(O)c1ccc(CN)cc1. The summed E-state index contributed by atoms with van der Waals surface area (Å²) < 4.78 is 23.9. The van der Waals surface area contributed by atoms with Gasteiger partial charge in [-0.05, 0) is 17.0 Å². The number of nitrogens with two attached hydrogens (primary N) is 1. The van der Waals surface area contributed by atoms with Crippen molar-refractivity contribution in [3.05, 3.63) is 35.4 Å². The van der Waals surface area contributed by atoms with Gasteiger partial charge in [0.15, 0.2) is 9.84 Å². The zero-order chi connectivity index (χ0) is 14.5. The smallest absolute Gasteiger partial charge is 0.153 e. The van der Waals surface area contributed by atoms with Crippen molar-refractivity contribution in [3.63, 3.8) is 0 Å². The second-order valence-corrected chi connectivity index (χ2v) is 7.21. The zero-order valence-electron chi connectivity index (χ0n) is 11.5. The first kappa shape index (κ1) is 16.1. The number of rotatable bonds is 7. The van der Waals surface area contributed by atoms with Crippen LogP contribution in [0.4, 0.5) is 0 Å². The lowest BCUT2D eigenvalue weighted by Gasteiger charge is -2.14. The Labute approximate surface area is 115 Å². The molecule has 0 saturated carbocycles. The van der Waals surface area contributed by atoms with Crippen LogP contribution in [-0.2, 0) is 16.4 Å². The molecule has 0 aliphatic rings. The van der Waals surface area contributed by atoms with Crippen molar-refractivity contribution in [2.75, 3.05) is 11.5 Å². The summed E-state index contributed by atoms with van der Waals surface area (Å²) in [6.07, 6.45) is -0.151. The maximum Gasteiger partial charge on any atom is 0.153 e. The van der Waals surface area contributed by atoms with Crippen molar-refractivity contribution in [1.29, 1.82) is 0 Å². The topological polar surface area (TPSA) is 80.4 Å². The average Bonchev–Trinajstić information content (AvgIpc) is 2.37. The van der Waals surface area contributed by atoms with E-state index in [0.717, 1.165) is 12.0 Å². The van der Waals surface area contributed by atoms with E-state index in [1.807, 2.05) is 13.8 Å². The Morgan fingerprint density at radius 3 is 2.26 bits per heavy atom. The van der Waals surface area contributed by atoms with Gasteiger partial charge in [-0.15, -0.1) is 0 Å². The fourth-order valence-corrected chi connectivity index (χ4v) is 3.74. The van der Waals surface area contributed by atoms with E-state index < -0.39 is 15.9 Å². The van der Waals surface area contributed by atoms with Gasteiger partial charge in [0.2, 0.25) is 0 Å². The number of aliphatic hydroxyl groups excluding tert-OH is 1. The molecule has 0 radical (unpaired) electrons. The van der Waals surface area contributed by atoms with Gasteiger partial charge in [0, 0.05) is 6.54 Å². The summed E-state index contributed by atoms with van der Waals surface area (Å²) in [6.45, 7) is 4.30. The third-order valence-corrected chi connectivity index (χ3v) is 5.15. The minimum atomic E-state index is -3.23. The lowest BCUT2D eigenvalue weighted by molar-refractivity contribution is 0.201. The first-order valence-corrected chi connectivity index (χ1v) is 8.37. The van der Waals surface area contributed by atoms with E-state index in [1.165, 1.54) is 0 Å². The number of sulfone groups is 1. The van der Waals surface area contributed by atoms with Gasteiger partial charge in [0.25, 0.3) is 0 Å². The Morgan fingerprint density at radius 1 is 1.21 bits per heavy atom. The zero-order valence-corrected chi connectivity index (χ0v) is 12.4. The summed E-state index contributed by atoms with van der Waals surface area (Å²) in [5, 5.41) is 9.99. The lowest BCUT2D eigenvalue weighted by atomic mass is 10.1. The van der Waals surface area contributed by atoms with Crippen LogP contribution in [0.1, 0.15) is 37.5 Å². The first-order chi connectivity index (χ1) is 8.88. The van der Waals surface area contributed by atoms with Gasteiger partial charge in [-0.3, -0.25) is 0 Å². The van der Waals surface area contributed by atoms with Gasteiger partial charge in [-0.25, -0.2) is 8.42 Å². The molecule has 0 heterocycles. The molecule has 0 fully saturated rings. The van der Waals surface area contributed by atoms with Gasteiger partial charge in [0.1, 0.15) is 0 Å². The van der Waals surface area contributed by atoms with Gasteiger partial charge in [0.05, 0.1) is 17.6 Å². The van der Waals surface area contributed by atoms with Crippen LogP contribution in [0.3, 0.4) is 0 Å². The fourth-order valence-electron chi connectivity index (χ4n) is 1.83. The van der Waals surface area contributed by atoms with Crippen molar-refractivity contribution >= 4 is 9.84 Å². The van der Waals surface area contributed by atoms with E-state index in [1.54, 1.807) is 24.3 Å². The number of hydrogen-bond donors (Lipinski definition) is 2. The molecule has 1 aromatic rings. The van der Waals surface area contributed by atoms with Gasteiger partial charge >= 0.3 is 0 Å². The minimum Gasteiger partial charge on any atom is -0.387 e. The molecule has 3 N–H and O–H groups in total. The highest BCUT2D eigenvalue weighted by molar-refractivity contribution is 7.91. The number of benzene rings is 1. The highest BCUT2D eigenvalue weighted by Crippen LogP contribution is 2.17. The van der Waals surface area contributed by atoms with Crippen LogP contribution in [-0.4, -0.2) is 25.0 Å². The summed E-state index contributed by atoms with van der Waals surface area (Å²) in [4.78, 5) is 0. The quantitative estimate of drug-likeness (QED) is 0.798. The van der Waals surface area contributed by atoms with Crippen molar-refractivity contribution in [3.8, 4) is 0 Å². The van der Waals surface area contributed by atoms with E-state index in [9.17, 15) is 13.5 Å². The van der Waals surface area contributed by atoms with Crippen LogP contribution in [0, 0.1) is 5.92 Å². The molecule has 0 spiro atoms. The summed E-state index contributed by atoms with van der Waals surface area (Å²) >= 11 is 0. The van der Waals surface area contributed by atoms with E-state index in [-0.39, 0.29) is 17.4 Å². The molecule has 19 heavy (non-hydrogen) atoms. The molecule has 0 aromatic heterocycles. The third-order valence-electron chi connectivity index (χ3n) is 3.25. The van der Waals surface area contributed by atoms with Gasteiger partial charge in [-0.1, -0.05) is 44.5 Å². The van der Waals surface area contributed by atoms with Gasteiger partial charge < -0.3 is 10.8 Å². The van der Waals surface area contributed by atoms with Crippen LogP contribution in [0.5, 0.6) is 0 Å². The summed E-state index contributed by atoms with van der Waals surface area (Å²) in [6, 6.07) is 7.07. The Bertz CT molecular complexity index is 482. The molecule has 4 nitrogen and oxygen atoms in total. The highest BCUT2D eigenvalue weighted by Gasteiger charge is 2.20. The molecule has 1 rings (SSSR count). The maximum absolute atomic E-state index is 11.9. The average molecular weight is 285 g/mol. The van der Waals surface area contributed by atoms with E-state index >= 15 is 0 Å². The molecule has 0 aliphatic heterocycles. The van der Waals surface area contributed by atoms with E-state index in [4.69, 9.17) is 5.73 Å². The highest BCUT2D eigenvalue weighted by atomic mass is 32.2. The molecule has 0 amide bonds. The van der Waals surface area contributed by atoms with Crippen molar-refractivity contribution in [1.82, 2.24) is 0 Å². The monoisotopic (exact) mass is 285 g/mol. The van der Waals surface area contributed by atoms with Crippen LogP contribution in [0.15, 0.2) is 24.3 Å². The molecular formula is C14H23NO3S. The largest absolute Gasteiger partial charge is 0.387 e. The minimum absolute atomic E-state index is 0.122. The van der Waals surface area contributed by atoms with Crippen LogP contribution in [0.2, 0.25) is 0 Å². The Kier molecular flexibility index (Phi) is 5.97. The van der Waals surface area contributed by atoms with Crippen molar-refractivity contribution < 1.29 is 13.5 Å². The fraction of sp³-hybridized carbons (Fsp3) is 0.571. The van der Waals surface area contributed by atoms with Crippen LogP contribution >= 0.6 is 0 Å². The van der Waals surface area contributed by atoms with Crippen LogP contribution in [0.25, 0.3) is 0 Å². The Morgan fingerprint density at radius 2 is 1.79 bits per heavy atom. The van der Waals surface area contributed by atoms with Crippen molar-refractivity contribution in [2.24, 2.45) is 11.7 Å². The standard InChI is InChI=1S/C14H23NO3S/c1-3-11(2)9-19(17,18)10-14(16)13-6-4-12(8-15)5-7-13/h4-7,11,14,16H,3,8-10,15H2,1-2H3. The molecular weight excluding hydrogens is 262 g/mol. The van der Waals surface area contributed by atoms with E-state index in [0.29, 0.717) is 12.1 Å². The molecule has 0 bridgehead atoms. The molecule has 2 atom stereocenters.